The number of hydrogen-bond acceptors (Lipinski definition) is 3. The molecule has 0 saturated heterocycles. The van der Waals surface area contributed by atoms with Crippen LogP contribution in [0.25, 0.3) is 0 Å². The lowest BCUT2D eigenvalue weighted by Gasteiger charge is -2.15. The number of hydrogen-bond donors (Lipinski definition) is 1. The first-order valence-corrected chi connectivity index (χ1v) is 9.14. The molecule has 0 aliphatic heterocycles. The van der Waals surface area contributed by atoms with E-state index in [2.05, 4.69) is 76.1 Å². The van der Waals surface area contributed by atoms with Gasteiger partial charge in [-0.05, 0) is 82.0 Å². The number of benzene rings is 1. The number of rotatable bonds is 5. The summed E-state index contributed by atoms with van der Waals surface area (Å²) in [6.45, 7) is 7.37. The Labute approximate surface area is 147 Å². The lowest BCUT2D eigenvalue weighted by Crippen LogP contribution is -2.18. The van der Waals surface area contributed by atoms with Gasteiger partial charge >= 0.3 is 0 Å². The summed E-state index contributed by atoms with van der Waals surface area (Å²) in [5.41, 5.74) is 2.61. The van der Waals surface area contributed by atoms with Crippen LogP contribution in [-0.4, -0.2) is 7.11 Å². The van der Waals surface area contributed by atoms with Gasteiger partial charge in [0.25, 0.3) is 0 Å². The quantitative estimate of drug-likeness (QED) is 0.649. The first-order valence-electron chi connectivity index (χ1n) is 6.74. The van der Waals surface area contributed by atoms with E-state index in [1.54, 1.807) is 7.11 Å². The van der Waals surface area contributed by atoms with Crippen LogP contribution in [0.5, 0.6) is 5.75 Å². The van der Waals surface area contributed by atoms with Crippen molar-refractivity contribution in [1.29, 1.82) is 0 Å². The van der Waals surface area contributed by atoms with E-state index in [0.717, 1.165) is 21.2 Å². The van der Waals surface area contributed by atoms with E-state index in [1.807, 2.05) is 11.3 Å². The molecule has 1 aromatic carbocycles. The van der Waals surface area contributed by atoms with Crippen molar-refractivity contribution in [2.45, 2.75) is 33.4 Å². The summed E-state index contributed by atoms with van der Waals surface area (Å²) in [6, 6.07) is 6.80. The van der Waals surface area contributed by atoms with Crippen molar-refractivity contribution in [3.8, 4) is 5.75 Å². The molecular formula is C16H19Br2NOS. The molecule has 0 bridgehead atoms. The molecule has 0 saturated carbocycles. The number of aryl methyl sites for hydroxylation is 2. The SMILES string of the molecule is COc1c(Br)cc(CNC(C)c2cc(C)sc2C)cc1Br. The Bertz CT molecular complexity index is 616. The van der Waals surface area contributed by atoms with E-state index in [1.165, 1.54) is 20.9 Å². The summed E-state index contributed by atoms with van der Waals surface area (Å²) in [6.07, 6.45) is 0. The topological polar surface area (TPSA) is 21.3 Å². The molecule has 0 spiro atoms. The van der Waals surface area contributed by atoms with Gasteiger partial charge in [-0.25, -0.2) is 0 Å². The molecule has 114 valence electrons. The zero-order chi connectivity index (χ0) is 15.6. The summed E-state index contributed by atoms with van der Waals surface area (Å²) in [5.74, 6) is 0.830. The van der Waals surface area contributed by atoms with E-state index < -0.39 is 0 Å². The molecule has 5 heteroatoms. The zero-order valence-electron chi connectivity index (χ0n) is 12.6. The zero-order valence-corrected chi connectivity index (χ0v) is 16.6. The van der Waals surface area contributed by atoms with Gasteiger partial charge in [-0.3, -0.25) is 0 Å². The lowest BCUT2D eigenvalue weighted by atomic mass is 10.1. The number of methoxy groups -OCH3 is 1. The van der Waals surface area contributed by atoms with Gasteiger partial charge in [0.15, 0.2) is 0 Å². The fourth-order valence-corrected chi connectivity index (χ4v) is 5.00. The van der Waals surface area contributed by atoms with Crippen molar-refractivity contribution in [3.63, 3.8) is 0 Å². The minimum absolute atomic E-state index is 0.342. The Morgan fingerprint density at radius 1 is 1.19 bits per heavy atom. The van der Waals surface area contributed by atoms with Crippen LogP contribution < -0.4 is 10.1 Å². The Morgan fingerprint density at radius 3 is 2.29 bits per heavy atom. The average Bonchev–Trinajstić information content (AvgIpc) is 2.75. The van der Waals surface area contributed by atoms with Crippen molar-refractivity contribution in [1.82, 2.24) is 5.32 Å². The first-order chi connectivity index (χ1) is 9.92. The molecule has 0 radical (unpaired) electrons. The molecule has 1 N–H and O–H groups in total. The van der Waals surface area contributed by atoms with Crippen LogP contribution >= 0.6 is 43.2 Å². The number of nitrogens with one attached hydrogen (secondary N) is 1. The van der Waals surface area contributed by atoms with Gasteiger partial charge in [0.05, 0.1) is 16.1 Å². The molecular weight excluding hydrogens is 414 g/mol. The average molecular weight is 433 g/mol. The third-order valence-electron chi connectivity index (χ3n) is 3.42. The molecule has 2 rings (SSSR count). The van der Waals surface area contributed by atoms with Crippen LogP contribution in [0.4, 0.5) is 0 Å². The van der Waals surface area contributed by atoms with Crippen LogP contribution in [0.2, 0.25) is 0 Å². The predicted molar refractivity (Wildman–Crippen MR) is 97.4 cm³/mol. The molecule has 0 aliphatic carbocycles. The van der Waals surface area contributed by atoms with Crippen molar-refractivity contribution in [2.75, 3.05) is 7.11 Å². The fourth-order valence-electron chi connectivity index (χ4n) is 2.37. The molecule has 1 heterocycles. The second-order valence-electron chi connectivity index (χ2n) is 5.06. The summed E-state index contributed by atoms with van der Waals surface area (Å²) >= 11 is 8.95. The van der Waals surface area contributed by atoms with Crippen molar-refractivity contribution in [3.05, 3.63) is 48.0 Å². The summed E-state index contributed by atoms with van der Waals surface area (Å²) in [5, 5.41) is 3.59. The van der Waals surface area contributed by atoms with Crippen LogP contribution in [0, 0.1) is 13.8 Å². The predicted octanol–water partition coefficient (Wildman–Crippen LogP) is 5.75. The van der Waals surface area contributed by atoms with E-state index in [0.29, 0.717) is 6.04 Å². The maximum absolute atomic E-state index is 5.33. The van der Waals surface area contributed by atoms with Crippen LogP contribution in [0.3, 0.4) is 0 Å². The minimum Gasteiger partial charge on any atom is -0.494 e. The van der Waals surface area contributed by atoms with Crippen molar-refractivity contribution >= 4 is 43.2 Å². The molecule has 2 nitrogen and oxygen atoms in total. The van der Waals surface area contributed by atoms with Crippen LogP contribution in [0.1, 0.15) is 33.8 Å². The Morgan fingerprint density at radius 2 is 1.81 bits per heavy atom. The molecule has 1 atom stereocenters. The molecule has 2 aromatic rings. The summed E-state index contributed by atoms with van der Waals surface area (Å²) in [7, 11) is 1.67. The molecule has 1 aromatic heterocycles. The van der Waals surface area contributed by atoms with Crippen molar-refractivity contribution < 1.29 is 4.74 Å². The third kappa shape index (κ3) is 4.09. The van der Waals surface area contributed by atoms with Gasteiger partial charge in [0.1, 0.15) is 5.75 Å². The van der Waals surface area contributed by atoms with Gasteiger partial charge in [-0.1, -0.05) is 0 Å². The Kier molecular flexibility index (Phi) is 5.88. The standard InChI is InChI=1S/C16H19Br2NOS/c1-9-5-13(11(3)21-9)10(2)19-8-12-6-14(17)16(20-4)15(18)7-12/h5-7,10,19H,8H2,1-4H3. The summed E-state index contributed by atoms with van der Waals surface area (Å²) < 4.78 is 7.26. The summed E-state index contributed by atoms with van der Waals surface area (Å²) in [4.78, 5) is 2.76. The highest BCUT2D eigenvalue weighted by Crippen LogP contribution is 2.34. The second kappa shape index (κ2) is 7.27. The Hall–Kier alpha value is -0.360. The van der Waals surface area contributed by atoms with Crippen molar-refractivity contribution in [2.24, 2.45) is 0 Å². The number of ether oxygens (including phenoxy) is 1. The monoisotopic (exact) mass is 431 g/mol. The molecule has 1 unspecified atom stereocenters. The van der Waals surface area contributed by atoms with Gasteiger partial charge in [0, 0.05) is 22.3 Å². The van der Waals surface area contributed by atoms with E-state index in [4.69, 9.17) is 4.74 Å². The molecule has 21 heavy (non-hydrogen) atoms. The molecule has 0 aliphatic rings. The maximum Gasteiger partial charge on any atom is 0.147 e. The normalized spacial score (nSPS) is 12.5. The Balaban J connectivity index is 2.08. The highest BCUT2D eigenvalue weighted by Gasteiger charge is 2.12. The molecule has 0 amide bonds. The second-order valence-corrected chi connectivity index (χ2v) is 8.23. The van der Waals surface area contributed by atoms with Gasteiger partial charge in [-0.2, -0.15) is 0 Å². The van der Waals surface area contributed by atoms with Crippen LogP contribution in [-0.2, 0) is 6.54 Å². The van der Waals surface area contributed by atoms with Gasteiger partial charge < -0.3 is 10.1 Å². The first kappa shape index (κ1) is 17.0. The number of thiophene rings is 1. The van der Waals surface area contributed by atoms with E-state index in [9.17, 15) is 0 Å². The highest BCUT2D eigenvalue weighted by molar-refractivity contribution is 9.11. The van der Waals surface area contributed by atoms with E-state index >= 15 is 0 Å². The maximum atomic E-state index is 5.33. The molecule has 0 fully saturated rings. The largest absolute Gasteiger partial charge is 0.494 e. The van der Waals surface area contributed by atoms with Crippen LogP contribution in [0.15, 0.2) is 27.1 Å². The highest BCUT2D eigenvalue weighted by atomic mass is 79.9. The van der Waals surface area contributed by atoms with E-state index in [-0.39, 0.29) is 0 Å². The smallest absolute Gasteiger partial charge is 0.147 e. The number of halogens is 2. The van der Waals surface area contributed by atoms with Gasteiger partial charge in [0.2, 0.25) is 0 Å². The fraction of sp³-hybridized carbons (Fsp3) is 0.375. The third-order valence-corrected chi connectivity index (χ3v) is 5.58. The van der Waals surface area contributed by atoms with Gasteiger partial charge in [-0.15, -0.1) is 11.3 Å². The minimum atomic E-state index is 0.342. The lowest BCUT2D eigenvalue weighted by molar-refractivity contribution is 0.409.